The molecule has 130 valence electrons. The highest BCUT2D eigenvalue weighted by atomic mass is 16.4. The molecule has 2 N–H and O–H groups in total. The van der Waals surface area contributed by atoms with Crippen molar-refractivity contribution < 1.29 is 24.3 Å². The SMILES string of the molecule is Cc1ccccc1N1C(=O)NC(=O)/C(=C\c2ccc(C(=O)O)cc2)C1=O. The number of aryl methyl sites for hydroxylation is 1. The molecule has 7 nitrogen and oxygen atoms in total. The number of carboxylic acids is 1. The standard InChI is InChI=1S/C19H14N2O5/c1-11-4-2-3-5-15(11)21-17(23)14(16(22)20-19(21)26)10-12-6-8-13(9-7-12)18(24)25/h2-10H,1H3,(H,24,25)(H,20,22,26)/b14-10+. The van der Waals surface area contributed by atoms with Crippen LogP contribution in [-0.4, -0.2) is 28.9 Å². The van der Waals surface area contributed by atoms with Crippen molar-refractivity contribution in [3.8, 4) is 0 Å². The minimum atomic E-state index is -1.08. The molecule has 1 aliphatic heterocycles. The van der Waals surface area contributed by atoms with Crippen LogP contribution in [0, 0.1) is 6.92 Å². The quantitative estimate of drug-likeness (QED) is 0.653. The molecule has 7 heteroatoms. The lowest BCUT2D eigenvalue weighted by Crippen LogP contribution is -2.54. The maximum absolute atomic E-state index is 12.8. The Hall–Kier alpha value is -3.74. The van der Waals surface area contributed by atoms with E-state index >= 15 is 0 Å². The van der Waals surface area contributed by atoms with E-state index < -0.39 is 23.8 Å². The van der Waals surface area contributed by atoms with E-state index in [2.05, 4.69) is 5.32 Å². The average Bonchev–Trinajstić information content (AvgIpc) is 2.60. The number of nitrogens with one attached hydrogen (secondary N) is 1. The van der Waals surface area contributed by atoms with Gasteiger partial charge in [0.2, 0.25) is 0 Å². The summed E-state index contributed by atoms with van der Waals surface area (Å²) in [6.07, 6.45) is 1.32. The zero-order chi connectivity index (χ0) is 18.8. The van der Waals surface area contributed by atoms with Crippen LogP contribution in [0.25, 0.3) is 6.08 Å². The number of anilines is 1. The van der Waals surface area contributed by atoms with E-state index in [1.165, 1.54) is 30.3 Å². The summed E-state index contributed by atoms with van der Waals surface area (Å²) < 4.78 is 0. The Labute approximate surface area is 148 Å². The Bertz CT molecular complexity index is 960. The van der Waals surface area contributed by atoms with E-state index in [1.807, 2.05) is 0 Å². The Balaban J connectivity index is 2.00. The first-order valence-corrected chi connectivity index (χ1v) is 7.69. The van der Waals surface area contributed by atoms with E-state index in [1.54, 1.807) is 31.2 Å². The summed E-state index contributed by atoms with van der Waals surface area (Å²) in [5.74, 6) is -2.62. The molecule has 0 bridgehead atoms. The largest absolute Gasteiger partial charge is 0.478 e. The van der Waals surface area contributed by atoms with Crippen LogP contribution < -0.4 is 10.2 Å². The molecule has 0 spiro atoms. The van der Waals surface area contributed by atoms with Gasteiger partial charge in [-0.25, -0.2) is 14.5 Å². The minimum Gasteiger partial charge on any atom is -0.478 e. The van der Waals surface area contributed by atoms with Gasteiger partial charge in [0.15, 0.2) is 0 Å². The number of carboxylic acid groups (broad SMARTS) is 1. The second-order valence-electron chi connectivity index (χ2n) is 5.67. The number of benzene rings is 2. The highest BCUT2D eigenvalue weighted by Gasteiger charge is 2.37. The molecule has 0 saturated carbocycles. The summed E-state index contributed by atoms with van der Waals surface area (Å²) >= 11 is 0. The maximum atomic E-state index is 12.8. The molecule has 2 aromatic rings. The second-order valence-corrected chi connectivity index (χ2v) is 5.67. The van der Waals surface area contributed by atoms with Crippen molar-refractivity contribution >= 4 is 35.6 Å². The van der Waals surface area contributed by atoms with E-state index in [-0.39, 0.29) is 11.1 Å². The fourth-order valence-corrected chi connectivity index (χ4v) is 2.58. The number of amides is 4. The molecule has 2 aromatic carbocycles. The van der Waals surface area contributed by atoms with Gasteiger partial charge in [-0.05, 0) is 42.3 Å². The van der Waals surface area contributed by atoms with Crippen molar-refractivity contribution in [2.75, 3.05) is 4.90 Å². The second kappa shape index (κ2) is 6.64. The number of nitrogens with zero attached hydrogens (tertiary/aromatic N) is 1. The smallest absolute Gasteiger partial charge is 0.335 e. The van der Waals surface area contributed by atoms with Crippen molar-refractivity contribution in [1.29, 1.82) is 0 Å². The zero-order valence-corrected chi connectivity index (χ0v) is 13.7. The number of carbonyl (C=O) groups is 4. The van der Waals surface area contributed by atoms with Gasteiger partial charge in [-0.2, -0.15) is 0 Å². The number of carbonyl (C=O) groups excluding carboxylic acids is 3. The number of rotatable bonds is 3. The zero-order valence-electron chi connectivity index (χ0n) is 13.7. The molecule has 0 unspecified atom stereocenters. The molecule has 0 aromatic heterocycles. The topological polar surface area (TPSA) is 104 Å². The molecule has 1 saturated heterocycles. The van der Waals surface area contributed by atoms with Crippen molar-refractivity contribution in [2.24, 2.45) is 0 Å². The van der Waals surface area contributed by atoms with Crippen molar-refractivity contribution in [1.82, 2.24) is 5.32 Å². The van der Waals surface area contributed by atoms with Gasteiger partial charge in [0.25, 0.3) is 11.8 Å². The first-order valence-electron chi connectivity index (χ1n) is 7.69. The third-order valence-electron chi connectivity index (χ3n) is 3.93. The van der Waals surface area contributed by atoms with Crippen LogP contribution in [0.15, 0.2) is 54.1 Å². The molecule has 0 aliphatic carbocycles. The Kier molecular flexibility index (Phi) is 4.36. The van der Waals surface area contributed by atoms with Gasteiger partial charge in [0.05, 0.1) is 11.3 Å². The van der Waals surface area contributed by atoms with Crippen LogP contribution in [0.2, 0.25) is 0 Å². The molecule has 0 radical (unpaired) electrons. The van der Waals surface area contributed by atoms with E-state index in [0.29, 0.717) is 16.8 Å². The summed E-state index contributed by atoms with van der Waals surface area (Å²) in [6, 6.07) is 11.7. The average molecular weight is 350 g/mol. The number of hydrogen-bond donors (Lipinski definition) is 2. The van der Waals surface area contributed by atoms with Gasteiger partial charge in [0.1, 0.15) is 5.57 Å². The number of aromatic carboxylic acids is 1. The van der Waals surface area contributed by atoms with Crippen LogP contribution in [0.4, 0.5) is 10.5 Å². The molecule has 26 heavy (non-hydrogen) atoms. The van der Waals surface area contributed by atoms with Crippen LogP contribution in [0.5, 0.6) is 0 Å². The lowest BCUT2D eigenvalue weighted by molar-refractivity contribution is -0.122. The Morgan fingerprint density at radius 2 is 1.69 bits per heavy atom. The Morgan fingerprint density at radius 3 is 2.31 bits per heavy atom. The summed E-state index contributed by atoms with van der Waals surface area (Å²) in [5.41, 5.74) is 1.43. The fraction of sp³-hybridized carbons (Fsp3) is 0.0526. The monoisotopic (exact) mass is 350 g/mol. The molecule has 3 rings (SSSR count). The predicted molar refractivity (Wildman–Crippen MR) is 93.6 cm³/mol. The molecule has 0 atom stereocenters. The first kappa shape index (κ1) is 17.1. The van der Waals surface area contributed by atoms with Crippen molar-refractivity contribution in [2.45, 2.75) is 6.92 Å². The highest BCUT2D eigenvalue weighted by Crippen LogP contribution is 2.24. The van der Waals surface area contributed by atoms with Crippen molar-refractivity contribution in [3.05, 3.63) is 70.8 Å². The first-order chi connectivity index (χ1) is 12.4. The van der Waals surface area contributed by atoms with Crippen LogP contribution in [0.1, 0.15) is 21.5 Å². The summed E-state index contributed by atoms with van der Waals surface area (Å²) in [7, 11) is 0. The highest BCUT2D eigenvalue weighted by molar-refractivity contribution is 6.39. The lowest BCUT2D eigenvalue weighted by Gasteiger charge is -2.27. The van der Waals surface area contributed by atoms with Gasteiger partial charge in [-0.1, -0.05) is 30.3 Å². The number of para-hydroxylation sites is 1. The number of imide groups is 2. The summed E-state index contributed by atoms with van der Waals surface area (Å²) in [6.45, 7) is 1.75. The van der Waals surface area contributed by atoms with E-state index in [9.17, 15) is 19.2 Å². The molecule has 1 heterocycles. The van der Waals surface area contributed by atoms with Crippen LogP contribution >= 0.6 is 0 Å². The Morgan fingerprint density at radius 1 is 1.04 bits per heavy atom. The van der Waals surface area contributed by atoms with Gasteiger partial charge in [-0.15, -0.1) is 0 Å². The third kappa shape index (κ3) is 3.10. The minimum absolute atomic E-state index is 0.0864. The maximum Gasteiger partial charge on any atom is 0.335 e. The summed E-state index contributed by atoms with van der Waals surface area (Å²) in [5, 5.41) is 11.1. The van der Waals surface area contributed by atoms with Gasteiger partial charge < -0.3 is 5.11 Å². The van der Waals surface area contributed by atoms with E-state index in [4.69, 9.17) is 5.11 Å². The van der Waals surface area contributed by atoms with Gasteiger partial charge in [0, 0.05) is 0 Å². The van der Waals surface area contributed by atoms with Gasteiger partial charge >= 0.3 is 12.0 Å². The van der Waals surface area contributed by atoms with Crippen molar-refractivity contribution in [3.63, 3.8) is 0 Å². The third-order valence-corrected chi connectivity index (χ3v) is 3.93. The number of urea groups is 1. The predicted octanol–water partition coefficient (Wildman–Crippen LogP) is 2.36. The van der Waals surface area contributed by atoms with E-state index in [0.717, 1.165) is 4.90 Å². The summed E-state index contributed by atoms with van der Waals surface area (Å²) in [4.78, 5) is 48.8. The van der Waals surface area contributed by atoms with Crippen LogP contribution in [0.3, 0.4) is 0 Å². The number of hydrogen-bond acceptors (Lipinski definition) is 4. The molecular formula is C19H14N2O5. The van der Waals surface area contributed by atoms with Gasteiger partial charge in [-0.3, -0.25) is 14.9 Å². The molecular weight excluding hydrogens is 336 g/mol. The van der Waals surface area contributed by atoms with Crippen LogP contribution in [-0.2, 0) is 9.59 Å². The normalized spacial score (nSPS) is 16.0. The molecule has 1 fully saturated rings. The molecule has 1 aliphatic rings. The number of barbiturate groups is 1. The lowest BCUT2D eigenvalue weighted by atomic mass is 10.0. The molecule has 4 amide bonds. The fourth-order valence-electron chi connectivity index (χ4n) is 2.58.